The summed E-state index contributed by atoms with van der Waals surface area (Å²) in [5.41, 5.74) is 2.84. The summed E-state index contributed by atoms with van der Waals surface area (Å²) < 4.78 is 6.33. The van der Waals surface area contributed by atoms with Crippen LogP contribution >= 0.6 is 22.7 Å². The van der Waals surface area contributed by atoms with E-state index in [1.54, 1.807) is 36.1 Å². The zero-order valence-electron chi connectivity index (χ0n) is 11.0. The van der Waals surface area contributed by atoms with Crippen molar-refractivity contribution < 1.29 is 4.74 Å². The van der Waals surface area contributed by atoms with Crippen LogP contribution in [0.5, 0.6) is 0 Å². The molecule has 0 amide bonds. The Bertz CT molecular complexity index is 668. The maximum absolute atomic E-state index is 5.21. The molecule has 0 aliphatic rings. The number of anilines is 1. The second kappa shape index (κ2) is 6.25. The van der Waals surface area contributed by atoms with Gasteiger partial charge in [-0.1, -0.05) is 0 Å². The Hall–Kier alpha value is -1.57. The number of hydrogen-bond acceptors (Lipinski definition) is 7. The van der Waals surface area contributed by atoms with Crippen LogP contribution in [0.25, 0.3) is 10.2 Å². The minimum atomic E-state index is 0.662. The highest BCUT2D eigenvalue weighted by Gasteiger charge is 2.14. The predicted molar refractivity (Wildman–Crippen MR) is 82.5 cm³/mol. The number of nitrogens with zero attached hydrogens (tertiary/aromatic N) is 4. The van der Waals surface area contributed by atoms with Gasteiger partial charge in [-0.05, 0) is 11.4 Å². The van der Waals surface area contributed by atoms with Gasteiger partial charge in [0.2, 0.25) is 0 Å². The van der Waals surface area contributed by atoms with E-state index in [1.807, 2.05) is 23.2 Å². The molecule has 5 nitrogen and oxygen atoms in total. The van der Waals surface area contributed by atoms with Gasteiger partial charge in [0.25, 0.3) is 0 Å². The van der Waals surface area contributed by atoms with Gasteiger partial charge in [-0.15, -0.1) is 22.7 Å². The number of aromatic nitrogens is 3. The lowest BCUT2D eigenvalue weighted by Crippen LogP contribution is -2.27. The molecule has 0 aliphatic carbocycles. The monoisotopic (exact) mass is 306 g/mol. The van der Waals surface area contributed by atoms with Crippen molar-refractivity contribution in [2.24, 2.45) is 0 Å². The zero-order chi connectivity index (χ0) is 13.8. The minimum Gasteiger partial charge on any atom is -0.383 e. The molecule has 0 unspecified atom stereocenters. The fourth-order valence-corrected chi connectivity index (χ4v) is 3.44. The van der Waals surface area contributed by atoms with Crippen LogP contribution in [0.15, 0.2) is 29.5 Å². The summed E-state index contributed by atoms with van der Waals surface area (Å²) in [5, 5.41) is 2.05. The molecule has 0 radical (unpaired) electrons. The van der Waals surface area contributed by atoms with Crippen molar-refractivity contribution in [1.82, 2.24) is 15.0 Å². The van der Waals surface area contributed by atoms with E-state index in [9.17, 15) is 0 Å². The number of fused-ring (bicyclic) bond motifs is 1. The average Bonchev–Trinajstić information content (AvgIpc) is 3.13. The zero-order valence-corrected chi connectivity index (χ0v) is 12.7. The summed E-state index contributed by atoms with van der Waals surface area (Å²) >= 11 is 3.32. The van der Waals surface area contributed by atoms with Crippen LogP contribution in [-0.2, 0) is 11.3 Å². The molecule has 3 aromatic rings. The summed E-state index contributed by atoms with van der Waals surface area (Å²) in [5.74, 6) is 0.968. The van der Waals surface area contributed by atoms with Crippen molar-refractivity contribution in [2.45, 2.75) is 6.54 Å². The predicted octanol–water partition coefficient (Wildman–Crippen LogP) is 2.80. The fourth-order valence-electron chi connectivity index (χ4n) is 1.97. The van der Waals surface area contributed by atoms with Crippen LogP contribution in [0.1, 0.15) is 4.88 Å². The Morgan fingerprint density at radius 1 is 1.30 bits per heavy atom. The number of rotatable bonds is 6. The highest BCUT2D eigenvalue weighted by atomic mass is 32.1. The molecule has 0 N–H and O–H groups in total. The third kappa shape index (κ3) is 2.79. The first-order chi connectivity index (χ1) is 9.88. The lowest BCUT2D eigenvalue weighted by atomic mass is 10.3. The highest BCUT2D eigenvalue weighted by Crippen LogP contribution is 2.29. The largest absolute Gasteiger partial charge is 0.383 e. The van der Waals surface area contributed by atoms with Crippen LogP contribution in [0.2, 0.25) is 0 Å². The lowest BCUT2D eigenvalue weighted by molar-refractivity contribution is 0.205. The van der Waals surface area contributed by atoms with E-state index >= 15 is 0 Å². The van der Waals surface area contributed by atoms with Crippen LogP contribution < -0.4 is 4.90 Å². The van der Waals surface area contributed by atoms with E-state index in [-0.39, 0.29) is 0 Å². The van der Waals surface area contributed by atoms with Gasteiger partial charge in [-0.2, -0.15) is 0 Å². The van der Waals surface area contributed by atoms with Gasteiger partial charge in [0.15, 0.2) is 0 Å². The lowest BCUT2D eigenvalue weighted by Gasteiger charge is -2.22. The molecular formula is C13H14N4OS2. The summed E-state index contributed by atoms with van der Waals surface area (Å²) in [4.78, 5) is 16.3. The Morgan fingerprint density at radius 2 is 2.25 bits per heavy atom. The maximum Gasteiger partial charge on any atom is 0.150 e. The molecule has 0 bridgehead atoms. The van der Waals surface area contributed by atoms with Gasteiger partial charge >= 0.3 is 0 Å². The van der Waals surface area contributed by atoms with E-state index in [2.05, 4.69) is 19.9 Å². The summed E-state index contributed by atoms with van der Waals surface area (Å²) in [7, 11) is 1.71. The number of thiophene rings is 1. The molecule has 104 valence electrons. The molecule has 0 saturated carbocycles. The van der Waals surface area contributed by atoms with Gasteiger partial charge in [0.05, 0.1) is 28.9 Å². The average molecular weight is 306 g/mol. The molecule has 3 rings (SSSR count). The van der Waals surface area contributed by atoms with Crippen LogP contribution in [0.3, 0.4) is 0 Å². The van der Waals surface area contributed by atoms with Crippen molar-refractivity contribution in [3.8, 4) is 0 Å². The molecule has 0 aromatic carbocycles. The molecule has 20 heavy (non-hydrogen) atoms. The van der Waals surface area contributed by atoms with Gasteiger partial charge in [0, 0.05) is 24.7 Å². The topological polar surface area (TPSA) is 51.1 Å². The van der Waals surface area contributed by atoms with Gasteiger partial charge in [-0.3, -0.25) is 4.98 Å². The van der Waals surface area contributed by atoms with Gasteiger partial charge in [0.1, 0.15) is 12.1 Å². The van der Waals surface area contributed by atoms with Crippen LogP contribution in [-0.4, -0.2) is 35.2 Å². The third-order valence-electron chi connectivity index (χ3n) is 2.92. The Labute approximate surface area is 124 Å². The van der Waals surface area contributed by atoms with E-state index < -0.39 is 0 Å². The Morgan fingerprint density at radius 3 is 3.05 bits per heavy atom. The maximum atomic E-state index is 5.21. The molecule has 3 aromatic heterocycles. The summed E-state index contributed by atoms with van der Waals surface area (Å²) in [6.07, 6.45) is 3.52. The molecule has 0 atom stereocenters. The SMILES string of the molecule is COCCN(Cc1cncs1)c1ncnc2ccsc12. The van der Waals surface area contributed by atoms with Crippen molar-refractivity contribution in [2.75, 3.05) is 25.2 Å². The first-order valence-electron chi connectivity index (χ1n) is 6.18. The molecule has 0 saturated heterocycles. The van der Waals surface area contributed by atoms with Crippen LogP contribution in [0, 0.1) is 0 Å². The van der Waals surface area contributed by atoms with E-state index in [0.29, 0.717) is 6.61 Å². The first-order valence-corrected chi connectivity index (χ1v) is 7.94. The van der Waals surface area contributed by atoms with Gasteiger partial charge < -0.3 is 9.64 Å². The third-order valence-corrected chi connectivity index (χ3v) is 4.58. The second-order valence-electron chi connectivity index (χ2n) is 4.21. The quantitative estimate of drug-likeness (QED) is 0.701. The molecule has 7 heteroatoms. The van der Waals surface area contributed by atoms with E-state index in [4.69, 9.17) is 4.74 Å². The summed E-state index contributed by atoms with van der Waals surface area (Å²) in [6, 6.07) is 2.02. The van der Waals surface area contributed by atoms with E-state index in [1.165, 1.54) is 4.88 Å². The standard InChI is InChI=1S/C13H14N4OS2/c1-18-4-3-17(7-10-6-14-9-20-10)13-12-11(2-5-19-12)15-8-16-13/h2,5-6,8-9H,3-4,7H2,1H3. The molecule has 0 spiro atoms. The molecule has 0 aliphatic heterocycles. The van der Waals surface area contributed by atoms with E-state index in [0.717, 1.165) is 29.1 Å². The smallest absolute Gasteiger partial charge is 0.150 e. The number of ether oxygens (including phenoxy) is 1. The Balaban J connectivity index is 1.93. The van der Waals surface area contributed by atoms with Gasteiger partial charge in [-0.25, -0.2) is 9.97 Å². The molecule has 3 heterocycles. The highest BCUT2D eigenvalue weighted by molar-refractivity contribution is 7.17. The van der Waals surface area contributed by atoms with Crippen molar-refractivity contribution in [3.05, 3.63) is 34.4 Å². The fraction of sp³-hybridized carbons (Fsp3) is 0.308. The normalized spacial score (nSPS) is 11.1. The van der Waals surface area contributed by atoms with Crippen molar-refractivity contribution in [1.29, 1.82) is 0 Å². The number of methoxy groups -OCH3 is 1. The molecular weight excluding hydrogens is 292 g/mol. The van der Waals surface area contributed by atoms with Crippen LogP contribution in [0.4, 0.5) is 5.82 Å². The minimum absolute atomic E-state index is 0.662. The number of thiazole rings is 1. The van der Waals surface area contributed by atoms with Crippen molar-refractivity contribution in [3.63, 3.8) is 0 Å². The number of hydrogen-bond donors (Lipinski definition) is 0. The second-order valence-corrected chi connectivity index (χ2v) is 6.10. The first kappa shape index (κ1) is 13.4. The van der Waals surface area contributed by atoms with Crippen molar-refractivity contribution >= 4 is 38.7 Å². The Kier molecular flexibility index (Phi) is 4.19. The molecule has 0 fully saturated rings. The summed E-state index contributed by atoms with van der Waals surface area (Å²) in [6.45, 7) is 2.24.